The predicted molar refractivity (Wildman–Crippen MR) is 49.3 cm³/mol. The summed E-state index contributed by atoms with van der Waals surface area (Å²) in [6.07, 6.45) is 1.70. The summed E-state index contributed by atoms with van der Waals surface area (Å²) in [4.78, 5) is 4.01. The fourth-order valence-electron chi connectivity index (χ4n) is 0.714. The molecule has 0 aliphatic rings. The van der Waals surface area contributed by atoms with Gasteiger partial charge in [0, 0.05) is 13.3 Å². The molecule has 3 nitrogen and oxygen atoms in total. The largest absolute Gasteiger partial charge is 0.488 e. The van der Waals surface area contributed by atoms with Gasteiger partial charge < -0.3 is 9.47 Å². The molecular weight excluding hydrogens is 222 g/mol. The molecule has 4 heteroatoms. The second kappa shape index (κ2) is 5.11. The summed E-state index contributed by atoms with van der Waals surface area (Å²) in [7, 11) is 1.64. The van der Waals surface area contributed by atoms with E-state index in [9.17, 15) is 0 Å². The van der Waals surface area contributed by atoms with Crippen LogP contribution in [0.5, 0.6) is 5.75 Å². The van der Waals surface area contributed by atoms with Crippen LogP contribution in [0.2, 0.25) is 0 Å². The Morgan fingerprint density at radius 3 is 3.00 bits per heavy atom. The van der Waals surface area contributed by atoms with Gasteiger partial charge in [0.1, 0.15) is 11.2 Å². The fraction of sp³-hybridized carbons (Fsp3) is 0.375. The fourth-order valence-corrected chi connectivity index (χ4v) is 1.08. The molecule has 1 aromatic rings. The summed E-state index contributed by atoms with van der Waals surface area (Å²) in [6.45, 7) is 1.13. The molecule has 0 atom stereocenters. The SMILES string of the molecule is COCCOc1cccnc1Br. The zero-order valence-corrected chi connectivity index (χ0v) is 8.37. The van der Waals surface area contributed by atoms with Crippen LogP contribution in [-0.2, 0) is 4.74 Å². The second-order valence-electron chi connectivity index (χ2n) is 2.13. The van der Waals surface area contributed by atoms with Crippen molar-refractivity contribution in [2.24, 2.45) is 0 Å². The molecule has 1 heterocycles. The van der Waals surface area contributed by atoms with Crippen LogP contribution < -0.4 is 4.74 Å². The molecule has 12 heavy (non-hydrogen) atoms. The van der Waals surface area contributed by atoms with E-state index in [4.69, 9.17) is 9.47 Å². The lowest BCUT2D eigenvalue weighted by molar-refractivity contribution is 0.145. The predicted octanol–water partition coefficient (Wildman–Crippen LogP) is 1.87. The first-order valence-corrected chi connectivity index (χ1v) is 4.36. The number of rotatable bonds is 4. The van der Waals surface area contributed by atoms with Crippen LogP contribution in [-0.4, -0.2) is 25.3 Å². The van der Waals surface area contributed by atoms with Crippen LogP contribution in [0.15, 0.2) is 22.9 Å². The van der Waals surface area contributed by atoms with Gasteiger partial charge in [0.05, 0.1) is 6.61 Å². The number of pyridine rings is 1. The van der Waals surface area contributed by atoms with Crippen molar-refractivity contribution < 1.29 is 9.47 Å². The van der Waals surface area contributed by atoms with E-state index < -0.39 is 0 Å². The molecular formula is C8H10BrNO2. The lowest BCUT2D eigenvalue weighted by atomic mass is 10.5. The molecule has 0 amide bonds. The molecule has 0 aliphatic carbocycles. The zero-order chi connectivity index (χ0) is 8.81. The van der Waals surface area contributed by atoms with Crippen molar-refractivity contribution in [1.29, 1.82) is 0 Å². The van der Waals surface area contributed by atoms with Crippen molar-refractivity contribution in [2.75, 3.05) is 20.3 Å². The van der Waals surface area contributed by atoms with E-state index in [0.29, 0.717) is 13.2 Å². The minimum Gasteiger partial charge on any atom is -0.488 e. The monoisotopic (exact) mass is 231 g/mol. The van der Waals surface area contributed by atoms with Gasteiger partial charge in [0.2, 0.25) is 0 Å². The van der Waals surface area contributed by atoms with E-state index in [1.807, 2.05) is 12.1 Å². The lowest BCUT2D eigenvalue weighted by Gasteiger charge is -2.05. The van der Waals surface area contributed by atoms with E-state index in [2.05, 4.69) is 20.9 Å². The van der Waals surface area contributed by atoms with Crippen molar-refractivity contribution >= 4 is 15.9 Å². The van der Waals surface area contributed by atoms with Gasteiger partial charge >= 0.3 is 0 Å². The number of methoxy groups -OCH3 is 1. The summed E-state index contributed by atoms with van der Waals surface area (Å²) in [6, 6.07) is 3.68. The molecule has 0 saturated carbocycles. The average Bonchev–Trinajstić information content (AvgIpc) is 2.09. The lowest BCUT2D eigenvalue weighted by Crippen LogP contribution is -2.04. The normalized spacial score (nSPS) is 9.83. The van der Waals surface area contributed by atoms with Crippen LogP contribution in [0, 0.1) is 0 Å². The maximum atomic E-state index is 5.34. The number of halogens is 1. The summed E-state index contributed by atoms with van der Waals surface area (Å²) < 4.78 is 10.9. The number of nitrogens with zero attached hydrogens (tertiary/aromatic N) is 1. The Balaban J connectivity index is 2.46. The Bertz CT molecular complexity index is 242. The molecule has 0 unspecified atom stereocenters. The van der Waals surface area contributed by atoms with Gasteiger partial charge in [-0.05, 0) is 28.1 Å². The summed E-state index contributed by atoms with van der Waals surface area (Å²) in [5.74, 6) is 0.745. The van der Waals surface area contributed by atoms with Gasteiger partial charge in [0.25, 0.3) is 0 Å². The topological polar surface area (TPSA) is 31.4 Å². The number of aromatic nitrogens is 1. The van der Waals surface area contributed by atoms with Crippen LogP contribution >= 0.6 is 15.9 Å². The standard InChI is InChI=1S/C8H10BrNO2/c1-11-5-6-12-7-3-2-4-10-8(7)9/h2-4H,5-6H2,1H3. The maximum Gasteiger partial charge on any atom is 0.152 e. The number of hydrogen-bond acceptors (Lipinski definition) is 3. The van der Waals surface area contributed by atoms with Crippen molar-refractivity contribution in [3.05, 3.63) is 22.9 Å². The third kappa shape index (κ3) is 2.79. The average molecular weight is 232 g/mol. The van der Waals surface area contributed by atoms with Crippen LogP contribution in [0.25, 0.3) is 0 Å². The molecule has 0 saturated heterocycles. The van der Waals surface area contributed by atoms with E-state index in [-0.39, 0.29) is 0 Å². The van der Waals surface area contributed by atoms with E-state index in [0.717, 1.165) is 10.4 Å². The Hall–Kier alpha value is -0.610. The molecule has 0 aromatic carbocycles. The minimum atomic E-state index is 0.542. The van der Waals surface area contributed by atoms with Gasteiger partial charge in [-0.1, -0.05) is 0 Å². The van der Waals surface area contributed by atoms with Crippen LogP contribution in [0.4, 0.5) is 0 Å². The first-order chi connectivity index (χ1) is 5.84. The van der Waals surface area contributed by atoms with Crippen molar-refractivity contribution in [1.82, 2.24) is 4.98 Å². The van der Waals surface area contributed by atoms with Gasteiger partial charge in [-0.2, -0.15) is 0 Å². The van der Waals surface area contributed by atoms with E-state index >= 15 is 0 Å². The highest BCUT2D eigenvalue weighted by Crippen LogP contribution is 2.20. The molecule has 0 aliphatic heterocycles. The first-order valence-electron chi connectivity index (χ1n) is 3.57. The Kier molecular flexibility index (Phi) is 4.04. The highest BCUT2D eigenvalue weighted by Gasteiger charge is 1.98. The summed E-state index contributed by atoms with van der Waals surface area (Å²) >= 11 is 3.27. The van der Waals surface area contributed by atoms with Gasteiger partial charge in [-0.25, -0.2) is 4.98 Å². The minimum absolute atomic E-state index is 0.542. The molecule has 0 radical (unpaired) electrons. The summed E-state index contributed by atoms with van der Waals surface area (Å²) in [5, 5.41) is 0. The number of hydrogen-bond donors (Lipinski definition) is 0. The highest BCUT2D eigenvalue weighted by atomic mass is 79.9. The Morgan fingerprint density at radius 2 is 2.33 bits per heavy atom. The van der Waals surface area contributed by atoms with Crippen molar-refractivity contribution in [3.8, 4) is 5.75 Å². The van der Waals surface area contributed by atoms with E-state index in [1.54, 1.807) is 13.3 Å². The van der Waals surface area contributed by atoms with Crippen molar-refractivity contribution in [2.45, 2.75) is 0 Å². The quantitative estimate of drug-likeness (QED) is 0.586. The van der Waals surface area contributed by atoms with Gasteiger partial charge in [-0.15, -0.1) is 0 Å². The van der Waals surface area contributed by atoms with E-state index in [1.165, 1.54) is 0 Å². The molecule has 0 bridgehead atoms. The van der Waals surface area contributed by atoms with Crippen LogP contribution in [0.1, 0.15) is 0 Å². The molecule has 0 N–H and O–H groups in total. The first kappa shape index (κ1) is 9.48. The molecule has 1 rings (SSSR count). The van der Waals surface area contributed by atoms with Gasteiger partial charge in [0.15, 0.2) is 5.75 Å². The molecule has 0 spiro atoms. The Labute approximate surface area is 79.8 Å². The smallest absolute Gasteiger partial charge is 0.152 e. The molecule has 1 aromatic heterocycles. The molecule has 66 valence electrons. The second-order valence-corrected chi connectivity index (χ2v) is 2.88. The maximum absolute atomic E-state index is 5.34. The molecule has 0 fully saturated rings. The van der Waals surface area contributed by atoms with Crippen LogP contribution in [0.3, 0.4) is 0 Å². The summed E-state index contributed by atoms with van der Waals surface area (Å²) in [5.41, 5.74) is 0. The zero-order valence-electron chi connectivity index (χ0n) is 6.79. The van der Waals surface area contributed by atoms with Gasteiger partial charge in [-0.3, -0.25) is 0 Å². The highest BCUT2D eigenvalue weighted by molar-refractivity contribution is 9.10. The number of ether oxygens (including phenoxy) is 2. The third-order valence-electron chi connectivity index (χ3n) is 1.27. The third-order valence-corrected chi connectivity index (χ3v) is 1.87. The van der Waals surface area contributed by atoms with Crippen molar-refractivity contribution in [3.63, 3.8) is 0 Å². The Morgan fingerprint density at radius 1 is 1.50 bits per heavy atom.